The Balaban J connectivity index is 1.99. The van der Waals surface area contributed by atoms with Gasteiger partial charge in [0.25, 0.3) is 0 Å². The van der Waals surface area contributed by atoms with E-state index in [1.807, 2.05) is 10.8 Å². The molecule has 5 heteroatoms. The van der Waals surface area contributed by atoms with E-state index in [9.17, 15) is 4.79 Å². The van der Waals surface area contributed by atoms with Crippen LogP contribution in [0.4, 0.5) is 0 Å². The standard InChI is InChI=1S/C14H24N4O/c1-14(2,3)12(9-18-8-7-15-10-18)17-13(19)11-5-4-6-16-11/h7-8,10-12,16H,4-6,9H2,1-3H3,(H,17,19)/t11-,12?/m1/s1. The van der Waals surface area contributed by atoms with Gasteiger partial charge in [0.15, 0.2) is 0 Å². The van der Waals surface area contributed by atoms with Gasteiger partial charge in [0.05, 0.1) is 18.4 Å². The average Bonchev–Trinajstić information content (AvgIpc) is 2.99. The van der Waals surface area contributed by atoms with E-state index in [4.69, 9.17) is 0 Å². The Bertz CT molecular complexity index is 402. The summed E-state index contributed by atoms with van der Waals surface area (Å²) in [6.07, 6.45) is 7.51. The van der Waals surface area contributed by atoms with E-state index in [1.165, 1.54) is 0 Å². The molecular formula is C14H24N4O. The Morgan fingerprint density at radius 2 is 2.37 bits per heavy atom. The molecule has 2 atom stereocenters. The molecule has 2 N–H and O–H groups in total. The van der Waals surface area contributed by atoms with Gasteiger partial charge in [-0.3, -0.25) is 4.79 Å². The number of imidazole rings is 1. The van der Waals surface area contributed by atoms with Gasteiger partial charge < -0.3 is 15.2 Å². The summed E-state index contributed by atoms with van der Waals surface area (Å²) in [5, 5.41) is 6.43. The molecule has 1 amide bonds. The van der Waals surface area contributed by atoms with Crippen molar-refractivity contribution in [2.75, 3.05) is 6.54 Å². The molecule has 106 valence electrons. The Morgan fingerprint density at radius 3 is 2.89 bits per heavy atom. The Labute approximate surface area is 114 Å². The molecule has 0 spiro atoms. The van der Waals surface area contributed by atoms with E-state index >= 15 is 0 Å². The van der Waals surface area contributed by atoms with E-state index in [0.717, 1.165) is 25.9 Å². The lowest BCUT2D eigenvalue weighted by atomic mass is 9.86. The minimum absolute atomic E-state index is 0.0124. The van der Waals surface area contributed by atoms with Gasteiger partial charge in [0, 0.05) is 18.9 Å². The maximum atomic E-state index is 12.2. The van der Waals surface area contributed by atoms with Gasteiger partial charge in [-0.05, 0) is 24.8 Å². The van der Waals surface area contributed by atoms with Gasteiger partial charge in [-0.25, -0.2) is 4.98 Å². The summed E-state index contributed by atoms with van der Waals surface area (Å²) in [5.74, 6) is 0.123. The van der Waals surface area contributed by atoms with Crippen molar-refractivity contribution in [3.05, 3.63) is 18.7 Å². The molecule has 1 aromatic rings. The second kappa shape index (κ2) is 5.74. The molecule has 19 heavy (non-hydrogen) atoms. The molecule has 2 rings (SSSR count). The van der Waals surface area contributed by atoms with Crippen LogP contribution in [0.15, 0.2) is 18.7 Å². The molecule has 1 saturated heterocycles. The normalized spacial score (nSPS) is 21.3. The first kappa shape index (κ1) is 14.1. The number of carbonyl (C=O) groups is 1. The van der Waals surface area contributed by atoms with Gasteiger partial charge in [0.2, 0.25) is 5.91 Å². The van der Waals surface area contributed by atoms with Crippen LogP contribution in [0.25, 0.3) is 0 Å². The molecular weight excluding hydrogens is 240 g/mol. The summed E-state index contributed by atoms with van der Waals surface area (Å²) in [7, 11) is 0. The van der Waals surface area contributed by atoms with Gasteiger partial charge >= 0.3 is 0 Å². The van der Waals surface area contributed by atoms with Crippen LogP contribution in [-0.2, 0) is 11.3 Å². The Hall–Kier alpha value is -1.36. The number of nitrogens with zero attached hydrogens (tertiary/aromatic N) is 2. The molecule has 1 aliphatic heterocycles. The number of aromatic nitrogens is 2. The van der Waals surface area contributed by atoms with Crippen molar-refractivity contribution in [2.45, 2.75) is 52.2 Å². The van der Waals surface area contributed by atoms with Crippen molar-refractivity contribution in [2.24, 2.45) is 5.41 Å². The quantitative estimate of drug-likeness (QED) is 0.858. The fourth-order valence-corrected chi connectivity index (χ4v) is 2.32. The highest BCUT2D eigenvalue weighted by atomic mass is 16.2. The van der Waals surface area contributed by atoms with Crippen LogP contribution in [0.2, 0.25) is 0 Å². The van der Waals surface area contributed by atoms with E-state index in [1.54, 1.807) is 12.5 Å². The van der Waals surface area contributed by atoms with E-state index in [-0.39, 0.29) is 23.4 Å². The van der Waals surface area contributed by atoms with Gasteiger partial charge in [0.1, 0.15) is 0 Å². The fourth-order valence-electron chi connectivity index (χ4n) is 2.32. The summed E-state index contributed by atoms with van der Waals surface area (Å²) in [5.41, 5.74) is 0.0124. The van der Waals surface area contributed by atoms with E-state index < -0.39 is 0 Å². The molecule has 0 bridgehead atoms. The summed E-state index contributed by atoms with van der Waals surface area (Å²) in [6, 6.07) is 0.0734. The maximum absolute atomic E-state index is 12.2. The number of hydrogen-bond donors (Lipinski definition) is 2. The smallest absolute Gasteiger partial charge is 0.237 e. The number of carbonyl (C=O) groups excluding carboxylic acids is 1. The topological polar surface area (TPSA) is 59.0 Å². The number of hydrogen-bond acceptors (Lipinski definition) is 3. The predicted molar refractivity (Wildman–Crippen MR) is 74.6 cm³/mol. The third-order valence-corrected chi connectivity index (χ3v) is 3.69. The molecule has 2 heterocycles. The van der Waals surface area contributed by atoms with Crippen molar-refractivity contribution in [1.82, 2.24) is 20.2 Å². The molecule has 1 aliphatic rings. The molecule has 0 saturated carbocycles. The minimum atomic E-state index is -0.0207. The second-order valence-electron chi connectivity index (χ2n) is 6.34. The van der Waals surface area contributed by atoms with Crippen LogP contribution in [0.3, 0.4) is 0 Å². The monoisotopic (exact) mass is 264 g/mol. The third-order valence-electron chi connectivity index (χ3n) is 3.69. The van der Waals surface area contributed by atoms with Crippen molar-refractivity contribution in [3.63, 3.8) is 0 Å². The van der Waals surface area contributed by atoms with Crippen LogP contribution in [0.5, 0.6) is 0 Å². The van der Waals surface area contributed by atoms with Gasteiger partial charge in [-0.15, -0.1) is 0 Å². The molecule has 1 unspecified atom stereocenters. The zero-order valence-corrected chi connectivity index (χ0v) is 12.0. The zero-order valence-electron chi connectivity index (χ0n) is 12.0. The molecule has 1 aromatic heterocycles. The second-order valence-corrected chi connectivity index (χ2v) is 6.34. The molecule has 5 nitrogen and oxygen atoms in total. The lowest BCUT2D eigenvalue weighted by Gasteiger charge is -2.32. The summed E-state index contributed by atoms with van der Waals surface area (Å²) >= 11 is 0. The summed E-state index contributed by atoms with van der Waals surface area (Å²) in [4.78, 5) is 16.3. The van der Waals surface area contributed by atoms with Crippen molar-refractivity contribution >= 4 is 5.91 Å². The van der Waals surface area contributed by atoms with Crippen LogP contribution in [0, 0.1) is 5.41 Å². The average molecular weight is 264 g/mol. The van der Waals surface area contributed by atoms with Crippen LogP contribution in [-0.4, -0.2) is 34.1 Å². The summed E-state index contributed by atoms with van der Waals surface area (Å²) in [6.45, 7) is 8.15. The Morgan fingerprint density at radius 1 is 1.58 bits per heavy atom. The molecule has 0 radical (unpaired) electrons. The number of nitrogens with one attached hydrogen (secondary N) is 2. The van der Waals surface area contributed by atoms with Gasteiger partial charge in [-0.2, -0.15) is 0 Å². The fraction of sp³-hybridized carbons (Fsp3) is 0.714. The molecule has 0 aromatic carbocycles. The highest BCUT2D eigenvalue weighted by Crippen LogP contribution is 2.21. The third kappa shape index (κ3) is 3.80. The number of amides is 1. The lowest BCUT2D eigenvalue weighted by Crippen LogP contribution is -2.51. The molecule has 0 aliphatic carbocycles. The lowest BCUT2D eigenvalue weighted by molar-refractivity contribution is -0.124. The molecule has 1 fully saturated rings. The van der Waals surface area contributed by atoms with Crippen molar-refractivity contribution < 1.29 is 4.79 Å². The zero-order chi connectivity index (χ0) is 13.9. The van der Waals surface area contributed by atoms with Crippen LogP contribution in [0.1, 0.15) is 33.6 Å². The SMILES string of the molecule is CC(C)(C)C(Cn1ccnc1)NC(=O)[C@H]1CCCN1. The maximum Gasteiger partial charge on any atom is 0.237 e. The van der Waals surface area contributed by atoms with Crippen LogP contribution >= 0.6 is 0 Å². The van der Waals surface area contributed by atoms with Crippen molar-refractivity contribution in [1.29, 1.82) is 0 Å². The highest BCUT2D eigenvalue weighted by molar-refractivity contribution is 5.82. The predicted octanol–water partition coefficient (Wildman–Crippen LogP) is 1.17. The minimum Gasteiger partial charge on any atom is -0.350 e. The van der Waals surface area contributed by atoms with Crippen LogP contribution < -0.4 is 10.6 Å². The number of rotatable bonds is 4. The largest absolute Gasteiger partial charge is 0.350 e. The van der Waals surface area contributed by atoms with Crippen molar-refractivity contribution in [3.8, 4) is 0 Å². The first-order valence-corrected chi connectivity index (χ1v) is 6.96. The first-order chi connectivity index (χ1) is 8.97. The highest BCUT2D eigenvalue weighted by Gasteiger charge is 2.30. The first-order valence-electron chi connectivity index (χ1n) is 6.96. The van der Waals surface area contributed by atoms with E-state index in [2.05, 4.69) is 36.4 Å². The Kier molecular flexibility index (Phi) is 4.24. The summed E-state index contributed by atoms with van der Waals surface area (Å²) < 4.78 is 2.01. The van der Waals surface area contributed by atoms with Gasteiger partial charge in [-0.1, -0.05) is 20.8 Å². The van der Waals surface area contributed by atoms with E-state index in [0.29, 0.717) is 0 Å².